The number of hydrogen-bond donors (Lipinski definition) is 2. The highest BCUT2D eigenvalue weighted by molar-refractivity contribution is 7.92. The van der Waals surface area contributed by atoms with Crippen LogP contribution >= 0.6 is 0 Å². The summed E-state index contributed by atoms with van der Waals surface area (Å²) in [5, 5.41) is 2.85. The standard InChI is InChI=1S/C17H20N2O3S/c1-17(2,13-7-5-4-6-8-13)16(20)18-14-9-11-15(12-10-14)19-23(3,21)22/h4-12,19H,1-3H3,(H,18,20). The maximum absolute atomic E-state index is 12.5. The van der Waals surface area contributed by atoms with E-state index in [0.717, 1.165) is 11.8 Å². The van der Waals surface area contributed by atoms with E-state index in [1.54, 1.807) is 24.3 Å². The number of sulfonamides is 1. The molecule has 0 aliphatic carbocycles. The van der Waals surface area contributed by atoms with Crippen LogP contribution in [0.5, 0.6) is 0 Å². The van der Waals surface area contributed by atoms with Crippen LogP contribution in [0.3, 0.4) is 0 Å². The summed E-state index contributed by atoms with van der Waals surface area (Å²) in [5.41, 5.74) is 1.31. The van der Waals surface area contributed by atoms with Crippen LogP contribution in [0.1, 0.15) is 19.4 Å². The number of hydrogen-bond acceptors (Lipinski definition) is 3. The van der Waals surface area contributed by atoms with Crippen molar-refractivity contribution in [3.63, 3.8) is 0 Å². The van der Waals surface area contributed by atoms with Gasteiger partial charge in [0.15, 0.2) is 0 Å². The Morgan fingerprint density at radius 3 is 1.96 bits per heavy atom. The van der Waals surface area contributed by atoms with Crippen LogP contribution in [0.15, 0.2) is 54.6 Å². The molecule has 6 heteroatoms. The minimum atomic E-state index is -3.31. The van der Waals surface area contributed by atoms with Crippen molar-refractivity contribution in [3.05, 3.63) is 60.2 Å². The summed E-state index contributed by atoms with van der Waals surface area (Å²) in [6.07, 6.45) is 1.09. The van der Waals surface area contributed by atoms with E-state index in [-0.39, 0.29) is 5.91 Å². The number of amides is 1. The van der Waals surface area contributed by atoms with Crippen molar-refractivity contribution in [1.82, 2.24) is 0 Å². The van der Waals surface area contributed by atoms with E-state index in [2.05, 4.69) is 10.0 Å². The van der Waals surface area contributed by atoms with Crippen LogP contribution in [0.2, 0.25) is 0 Å². The molecule has 0 saturated heterocycles. The molecular formula is C17H20N2O3S. The molecule has 0 aliphatic heterocycles. The lowest BCUT2D eigenvalue weighted by Gasteiger charge is -2.24. The fourth-order valence-corrected chi connectivity index (χ4v) is 2.67. The zero-order chi connectivity index (χ0) is 17.1. The Balaban J connectivity index is 2.11. The molecule has 0 unspecified atom stereocenters. The van der Waals surface area contributed by atoms with Gasteiger partial charge in [-0.15, -0.1) is 0 Å². The molecule has 23 heavy (non-hydrogen) atoms. The molecule has 0 bridgehead atoms. The summed E-state index contributed by atoms with van der Waals surface area (Å²) in [5.74, 6) is -0.132. The molecule has 0 radical (unpaired) electrons. The van der Waals surface area contributed by atoms with Crippen molar-refractivity contribution < 1.29 is 13.2 Å². The highest BCUT2D eigenvalue weighted by atomic mass is 32.2. The molecule has 0 fully saturated rings. The van der Waals surface area contributed by atoms with Crippen molar-refractivity contribution in [2.24, 2.45) is 0 Å². The van der Waals surface area contributed by atoms with Gasteiger partial charge in [0.2, 0.25) is 15.9 Å². The lowest BCUT2D eigenvalue weighted by Crippen LogP contribution is -2.34. The number of nitrogens with one attached hydrogen (secondary N) is 2. The third-order valence-electron chi connectivity index (χ3n) is 3.51. The predicted molar refractivity (Wildman–Crippen MR) is 93.0 cm³/mol. The van der Waals surface area contributed by atoms with Gasteiger partial charge in [0.25, 0.3) is 0 Å². The zero-order valence-electron chi connectivity index (χ0n) is 13.3. The van der Waals surface area contributed by atoms with E-state index in [1.807, 2.05) is 44.2 Å². The summed E-state index contributed by atoms with van der Waals surface area (Å²) < 4.78 is 24.7. The van der Waals surface area contributed by atoms with Crippen molar-refractivity contribution in [3.8, 4) is 0 Å². The second-order valence-electron chi connectivity index (χ2n) is 5.90. The second kappa shape index (κ2) is 6.42. The van der Waals surface area contributed by atoms with Gasteiger partial charge in [-0.1, -0.05) is 30.3 Å². The molecule has 0 saturated carbocycles. The number of anilines is 2. The maximum Gasteiger partial charge on any atom is 0.234 e. The Bertz CT molecular complexity index is 782. The second-order valence-corrected chi connectivity index (χ2v) is 7.65. The quantitative estimate of drug-likeness (QED) is 0.884. The number of rotatable bonds is 5. The summed E-state index contributed by atoms with van der Waals surface area (Å²) in [4.78, 5) is 12.5. The smallest absolute Gasteiger partial charge is 0.234 e. The molecule has 0 aromatic heterocycles. The highest BCUT2D eigenvalue weighted by Crippen LogP contribution is 2.25. The van der Waals surface area contributed by atoms with E-state index >= 15 is 0 Å². The Morgan fingerprint density at radius 1 is 0.913 bits per heavy atom. The Morgan fingerprint density at radius 2 is 1.43 bits per heavy atom. The third-order valence-corrected chi connectivity index (χ3v) is 4.12. The summed E-state index contributed by atoms with van der Waals surface area (Å²) in [6.45, 7) is 3.72. The number of benzene rings is 2. The summed E-state index contributed by atoms with van der Waals surface area (Å²) >= 11 is 0. The minimum Gasteiger partial charge on any atom is -0.325 e. The van der Waals surface area contributed by atoms with Gasteiger partial charge in [-0.2, -0.15) is 0 Å². The highest BCUT2D eigenvalue weighted by Gasteiger charge is 2.29. The number of carbonyl (C=O) groups excluding carboxylic acids is 1. The fourth-order valence-electron chi connectivity index (χ4n) is 2.11. The monoisotopic (exact) mass is 332 g/mol. The molecule has 0 atom stereocenters. The van der Waals surface area contributed by atoms with Gasteiger partial charge in [-0.05, 0) is 43.7 Å². The SMILES string of the molecule is CC(C)(C(=O)Nc1ccc(NS(C)(=O)=O)cc1)c1ccccc1. The van der Waals surface area contributed by atoms with Gasteiger partial charge < -0.3 is 5.32 Å². The van der Waals surface area contributed by atoms with Crippen LogP contribution in [0, 0.1) is 0 Å². The lowest BCUT2D eigenvalue weighted by atomic mass is 9.83. The van der Waals surface area contributed by atoms with Crippen LogP contribution in [-0.2, 0) is 20.2 Å². The van der Waals surface area contributed by atoms with Crippen molar-refractivity contribution >= 4 is 27.3 Å². The molecule has 122 valence electrons. The molecule has 5 nitrogen and oxygen atoms in total. The largest absolute Gasteiger partial charge is 0.325 e. The molecule has 0 heterocycles. The van der Waals surface area contributed by atoms with Gasteiger partial charge in [0, 0.05) is 11.4 Å². The molecule has 2 aromatic carbocycles. The van der Waals surface area contributed by atoms with Gasteiger partial charge in [-0.3, -0.25) is 9.52 Å². The first kappa shape index (κ1) is 17.0. The van der Waals surface area contributed by atoms with E-state index in [0.29, 0.717) is 11.4 Å². The van der Waals surface area contributed by atoms with E-state index in [4.69, 9.17) is 0 Å². The van der Waals surface area contributed by atoms with Crippen LogP contribution in [0.4, 0.5) is 11.4 Å². The first-order chi connectivity index (χ1) is 10.7. The van der Waals surface area contributed by atoms with Crippen molar-refractivity contribution in [2.75, 3.05) is 16.3 Å². The third kappa shape index (κ3) is 4.56. The first-order valence-electron chi connectivity index (χ1n) is 7.13. The minimum absolute atomic E-state index is 0.132. The predicted octanol–water partition coefficient (Wildman–Crippen LogP) is 2.97. The molecule has 2 rings (SSSR count). The van der Waals surface area contributed by atoms with Crippen LogP contribution in [0.25, 0.3) is 0 Å². The summed E-state index contributed by atoms with van der Waals surface area (Å²) in [6, 6.07) is 16.1. The maximum atomic E-state index is 12.5. The fraction of sp³-hybridized carbons (Fsp3) is 0.235. The first-order valence-corrected chi connectivity index (χ1v) is 9.02. The van der Waals surface area contributed by atoms with Crippen molar-refractivity contribution in [2.45, 2.75) is 19.3 Å². The van der Waals surface area contributed by atoms with E-state index in [1.165, 1.54) is 0 Å². The van der Waals surface area contributed by atoms with Crippen molar-refractivity contribution in [1.29, 1.82) is 0 Å². The van der Waals surface area contributed by atoms with Gasteiger partial charge in [0.05, 0.1) is 11.7 Å². The average Bonchev–Trinajstić information content (AvgIpc) is 2.48. The molecule has 2 N–H and O–H groups in total. The van der Waals surface area contributed by atoms with E-state index in [9.17, 15) is 13.2 Å². The zero-order valence-corrected chi connectivity index (χ0v) is 14.1. The van der Waals surface area contributed by atoms with Crippen LogP contribution in [-0.4, -0.2) is 20.6 Å². The average molecular weight is 332 g/mol. The van der Waals surface area contributed by atoms with Gasteiger partial charge in [0.1, 0.15) is 0 Å². The normalized spacial score (nSPS) is 11.8. The van der Waals surface area contributed by atoms with Crippen LogP contribution < -0.4 is 10.0 Å². The molecule has 0 aliphatic rings. The Labute approximate surface area is 136 Å². The lowest BCUT2D eigenvalue weighted by molar-refractivity contribution is -0.120. The Kier molecular flexibility index (Phi) is 4.75. The van der Waals surface area contributed by atoms with Gasteiger partial charge in [-0.25, -0.2) is 8.42 Å². The van der Waals surface area contributed by atoms with Gasteiger partial charge >= 0.3 is 0 Å². The molecular weight excluding hydrogens is 312 g/mol. The van der Waals surface area contributed by atoms with E-state index < -0.39 is 15.4 Å². The molecule has 0 spiro atoms. The molecule has 2 aromatic rings. The number of carbonyl (C=O) groups is 1. The topological polar surface area (TPSA) is 75.3 Å². The Hall–Kier alpha value is -2.34. The summed E-state index contributed by atoms with van der Waals surface area (Å²) in [7, 11) is -3.31. The molecule has 1 amide bonds.